The first kappa shape index (κ1) is 15.5. The van der Waals surface area contributed by atoms with Crippen molar-refractivity contribution < 1.29 is 4.74 Å². The Balaban J connectivity index is 2.42. The molecule has 1 heterocycles. The van der Waals surface area contributed by atoms with Crippen LogP contribution in [0.15, 0.2) is 24.3 Å². The third-order valence-electron chi connectivity index (χ3n) is 3.59. The van der Waals surface area contributed by atoms with Crippen LogP contribution < -0.4 is 10.1 Å². The van der Waals surface area contributed by atoms with Crippen molar-refractivity contribution in [2.24, 2.45) is 0 Å². The van der Waals surface area contributed by atoms with Gasteiger partial charge in [-0.25, -0.2) is 4.68 Å². The average molecular weight is 288 g/mol. The Labute approximate surface area is 126 Å². The maximum Gasteiger partial charge on any atom is 0.121 e. The number of ether oxygens (including phenoxy) is 1. The van der Waals surface area contributed by atoms with Crippen LogP contribution >= 0.6 is 0 Å². The molecule has 1 N–H and O–H groups in total. The average Bonchev–Trinajstić information content (AvgIpc) is 2.93. The van der Waals surface area contributed by atoms with Gasteiger partial charge in [-0.15, -0.1) is 5.10 Å². The molecule has 0 amide bonds. The molecule has 0 radical (unpaired) electrons. The first-order chi connectivity index (χ1) is 10.2. The SMILES string of the molecule is CCOc1cccc(-n2nnc(C(CC)NC)c2CC)c1. The molecule has 1 atom stereocenters. The molecular formula is C16H24N4O. The molecule has 0 aliphatic heterocycles. The molecule has 0 spiro atoms. The number of nitrogens with one attached hydrogen (secondary N) is 1. The van der Waals surface area contributed by atoms with Crippen LogP contribution in [0.2, 0.25) is 0 Å². The van der Waals surface area contributed by atoms with E-state index in [4.69, 9.17) is 4.74 Å². The highest BCUT2D eigenvalue weighted by atomic mass is 16.5. The Bertz CT molecular complexity index is 575. The maximum atomic E-state index is 5.56. The number of hydrogen-bond acceptors (Lipinski definition) is 4. The molecule has 1 aromatic heterocycles. The summed E-state index contributed by atoms with van der Waals surface area (Å²) in [5.74, 6) is 0.856. The van der Waals surface area contributed by atoms with E-state index in [-0.39, 0.29) is 6.04 Å². The van der Waals surface area contributed by atoms with Crippen molar-refractivity contribution in [1.29, 1.82) is 0 Å². The Morgan fingerprint density at radius 1 is 1.29 bits per heavy atom. The predicted octanol–water partition coefficient (Wildman–Crippen LogP) is 2.90. The van der Waals surface area contributed by atoms with E-state index in [0.717, 1.165) is 35.7 Å². The molecule has 0 aliphatic carbocycles. The number of rotatable bonds is 7. The molecule has 2 rings (SSSR count). The lowest BCUT2D eigenvalue weighted by Gasteiger charge is -2.13. The molecule has 2 aromatic rings. The molecule has 1 unspecified atom stereocenters. The number of hydrogen-bond donors (Lipinski definition) is 1. The summed E-state index contributed by atoms with van der Waals surface area (Å²) in [5.41, 5.74) is 3.16. The summed E-state index contributed by atoms with van der Waals surface area (Å²) in [5, 5.41) is 12.0. The fraction of sp³-hybridized carbons (Fsp3) is 0.500. The van der Waals surface area contributed by atoms with E-state index >= 15 is 0 Å². The summed E-state index contributed by atoms with van der Waals surface area (Å²) in [7, 11) is 1.96. The maximum absolute atomic E-state index is 5.56. The van der Waals surface area contributed by atoms with Gasteiger partial charge in [-0.2, -0.15) is 0 Å². The second kappa shape index (κ2) is 7.22. The Kier molecular flexibility index (Phi) is 5.33. The molecule has 0 fully saturated rings. The molecule has 1 aromatic carbocycles. The van der Waals surface area contributed by atoms with Crippen molar-refractivity contribution in [3.8, 4) is 11.4 Å². The van der Waals surface area contributed by atoms with E-state index in [2.05, 4.69) is 29.5 Å². The lowest BCUT2D eigenvalue weighted by atomic mass is 10.1. The summed E-state index contributed by atoms with van der Waals surface area (Å²) < 4.78 is 7.48. The summed E-state index contributed by atoms with van der Waals surface area (Å²) >= 11 is 0. The van der Waals surface area contributed by atoms with E-state index in [1.807, 2.05) is 42.9 Å². The number of aromatic nitrogens is 3. The van der Waals surface area contributed by atoms with Gasteiger partial charge >= 0.3 is 0 Å². The van der Waals surface area contributed by atoms with Crippen LogP contribution in [0.3, 0.4) is 0 Å². The van der Waals surface area contributed by atoms with Gasteiger partial charge in [0.15, 0.2) is 0 Å². The third kappa shape index (κ3) is 3.24. The van der Waals surface area contributed by atoms with E-state index in [1.54, 1.807) is 0 Å². The molecule has 0 saturated carbocycles. The van der Waals surface area contributed by atoms with Gasteiger partial charge in [-0.3, -0.25) is 0 Å². The molecule has 5 heteroatoms. The summed E-state index contributed by atoms with van der Waals surface area (Å²) in [4.78, 5) is 0. The van der Waals surface area contributed by atoms with Gasteiger partial charge in [-0.05, 0) is 38.9 Å². The second-order valence-corrected chi connectivity index (χ2v) is 4.87. The topological polar surface area (TPSA) is 52.0 Å². The smallest absolute Gasteiger partial charge is 0.121 e. The van der Waals surface area contributed by atoms with Crippen LogP contribution in [-0.2, 0) is 6.42 Å². The molecule has 0 saturated heterocycles. The first-order valence-electron chi connectivity index (χ1n) is 7.60. The fourth-order valence-corrected chi connectivity index (χ4v) is 2.53. The van der Waals surface area contributed by atoms with Crippen LogP contribution in [-0.4, -0.2) is 28.6 Å². The van der Waals surface area contributed by atoms with Gasteiger partial charge < -0.3 is 10.1 Å². The van der Waals surface area contributed by atoms with Gasteiger partial charge in [0.25, 0.3) is 0 Å². The van der Waals surface area contributed by atoms with Gasteiger partial charge in [0.05, 0.1) is 24.0 Å². The minimum atomic E-state index is 0.240. The van der Waals surface area contributed by atoms with Gasteiger partial charge in [0.1, 0.15) is 11.4 Å². The van der Waals surface area contributed by atoms with E-state index < -0.39 is 0 Å². The minimum absolute atomic E-state index is 0.240. The highest BCUT2D eigenvalue weighted by Crippen LogP contribution is 2.23. The quantitative estimate of drug-likeness (QED) is 0.851. The number of benzene rings is 1. The third-order valence-corrected chi connectivity index (χ3v) is 3.59. The van der Waals surface area contributed by atoms with Crippen LogP contribution in [0.5, 0.6) is 5.75 Å². The van der Waals surface area contributed by atoms with E-state index in [9.17, 15) is 0 Å². The van der Waals surface area contributed by atoms with Crippen LogP contribution in [0.4, 0.5) is 0 Å². The van der Waals surface area contributed by atoms with Crippen molar-refractivity contribution >= 4 is 0 Å². The fourth-order valence-electron chi connectivity index (χ4n) is 2.53. The van der Waals surface area contributed by atoms with Gasteiger partial charge in [0, 0.05) is 6.07 Å². The lowest BCUT2D eigenvalue weighted by molar-refractivity contribution is 0.340. The minimum Gasteiger partial charge on any atom is -0.494 e. The Hall–Kier alpha value is -1.88. The highest BCUT2D eigenvalue weighted by molar-refractivity contribution is 5.40. The monoisotopic (exact) mass is 288 g/mol. The summed E-state index contributed by atoms with van der Waals surface area (Å²) in [6.45, 7) is 6.92. The van der Waals surface area contributed by atoms with Crippen LogP contribution in [0.1, 0.15) is 44.6 Å². The molecule has 0 bridgehead atoms. The molecule has 114 valence electrons. The number of nitrogens with zero attached hydrogens (tertiary/aromatic N) is 3. The normalized spacial score (nSPS) is 12.4. The molecule has 0 aliphatic rings. The van der Waals surface area contributed by atoms with Crippen LogP contribution in [0.25, 0.3) is 5.69 Å². The van der Waals surface area contributed by atoms with E-state index in [1.165, 1.54) is 0 Å². The van der Waals surface area contributed by atoms with Crippen LogP contribution in [0, 0.1) is 0 Å². The highest BCUT2D eigenvalue weighted by Gasteiger charge is 2.19. The van der Waals surface area contributed by atoms with Gasteiger partial charge in [0.2, 0.25) is 0 Å². The van der Waals surface area contributed by atoms with Crippen molar-refractivity contribution in [2.75, 3.05) is 13.7 Å². The zero-order valence-corrected chi connectivity index (χ0v) is 13.3. The van der Waals surface area contributed by atoms with Crippen molar-refractivity contribution in [2.45, 2.75) is 39.7 Å². The molecule has 21 heavy (non-hydrogen) atoms. The second-order valence-electron chi connectivity index (χ2n) is 4.87. The Morgan fingerprint density at radius 2 is 2.10 bits per heavy atom. The Morgan fingerprint density at radius 3 is 2.71 bits per heavy atom. The standard InChI is InChI=1S/C16H24N4O/c1-5-14(17-4)16-15(6-2)20(19-18-16)12-9-8-10-13(11-12)21-7-3/h8-11,14,17H,5-7H2,1-4H3. The zero-order valence-electron chi connectivity index (χ0n) is 13.3. The zero-order chi connectivity index (χ0) is 15.2. The predicted molar refractivity (Wildman–Crippen MR) is 84.0 cm³/mol. The van der Waals surface area contributed by atoms with Gasteiger partial charge in [-0.1, -0.05) is 25.1 Å². The van der Waals surface area contributed by atoms with Crippen molar-refractivity contribution in [3.05, 3.63) is 35.7 Å². The van der Waals surface area contributed by atoms with Crippen molar-refractivity contribution in [3.63, 3.8) is 0 Å². The molecule has 5 nitrogen and oxygen atoms in total. The molecular weight excluding hydrogens is 264 g/mol. The van der Waals surface area contributed by atoms with Crippen molar-refractivity contribution in [1.82, 2.24) is 20.3 Å². The first-order valence-corrected chi connectivity index (χ1v) is 7.60. The summed E-state index contributed by atoms with van der Waals surface area (Å²) in [6.07, 6.45) is 1.88. The lowest BCUT2D eigenvalue weighted by Crippen LogP contribution is -2.17. The largest absolute Gasteiger partial charge is 0.494 e. The van der Waals surface area contributed by atoms with E-state index in [0.29, 0.717) is 6.61 Å². The summed E-state index contributed by atoms with van der Waals surface area (Å²) in [6, 6.07) is 8.21.